The van der Waals surface area contributed by atoms with Crippen molar-refractivity contribution in [3.05, 3.63) is 119 Å². The smallest absolute Gasteiger partial charge is 0.224 e. The van der Waals surface area contributed by atoms with E-state index in [9.17, 15) is 19.2 Å². The average Bonchev–Trinajstić information content (AvgIpc) is 3.36. The number of hydrogen-bond acceptors (Lipinski definition) is 4. The molecule has 0 heterocycles. The molecule has 8 nitrogen and oxygen atoms in total. The second kappa shape index (κ2) is 36.0. The summed E-state index contributed by atoms with van der Waals surface area (Å²) >= 11 is 0. The number of hydrogen-bond donors (Lipinski definition) is 4. The van der Waals surface area contributed by atoms with Crippen LogP contribution in [0.5, 0.6) is 0 Å². The molecule has 372 valence electrons. The van der Waals surface area contributed by atoms with E-state index in [0.29, 0.717) is 25.7 Å². The Labute approximate surface area is 426 Å². The summed E-state index contributed by atoms with van der Waals surface area (Å²) in [6, 6.07) is 30.0. The van der Waals surface area contributed by atoms with Crippen LogP contribution in [0.15, 0.2) is 97.1 Å². The zero-order valence-electron chi connectivity index (χ0n) is 42.5. The molecule has 0 aliphatic rings. The first-order valence-corrected chi connectivity index (χ1v) is 26.4. The summed E-state index contributed by atoms with van der Waals surface area (Å²) in [7, 11) is 0. The molecular formula is C63H76N4O4. The summed E-state index contributed by atoms with van der Waals surface area (Å²) < 4.78 is 0. The van der Waals surface area contributed by atoms with Crippen molar-refractivity contribution >= 4 is 46.4 Å². The fourth-order valence-electron chi connectivity index (χ4n) is 7.95. The largest absolute Gasteiger partial charge is 0.326 e. The Balaban J connectivity index is 1.02. The molecule has 8 heteroatoms. The molecule has 0 spiro atoms. The highest BCUT2D eigenvalue weighted by Crippen LogP contribution is 2.17. The zero-order valence-corrected chi connectivity index (χ0v) is 42.5. The standard InChI is InChI=1S/C63H76N4O4/c1-3-5-7-9-16-20-44-60(68)64-56-40-28-36-52(48-56)32-24-26-34-54-38-30-42-58(50-54)66-62(70)46-22-18-14-12-11-13-15-19-23-47-63(71)67-59-43-31-39-55(51-59)35-27-25-33-53-37-29-41-57(49-53)65-61(69)45-21-17-10-8-6-4-2/h28-31,36-43,48-51H,3-23,44-47H2,1-2H3,(H,64,68)(H,65,69)(H,66,70)(H,67,71). The van der Waals surface area contributed by atoms with Gasteiger partial charge in [0.25, 0.3) is 0 Å². The van der Waals surface area contributed by atoms with E-state index in [1.165, 1.54) is 51.4 Å². The van der Waals surface area contributed by atoms with Crippen molar-refractivity contribution < 1.29 is 19.2 Å². The molecule has 0 radical (unpaired) electrons. The van der Waals surface area contributed by atoms with E-state index in [2.05, 4.69) is 82.5 Å². The van der Waals surface area contributed by atoms with Gasteiger partial charge in [0.05, 0.1) is 0 Å². The first-order valence-electron chi connectivity index (χ1n) is 26.4. The lowest BCUT2D eigenvalue weighted by Gasteiger charge is -2.06. The van der Waals surface area contributed by atoms with Gasteiger partial charge in [-0.05, 0) is 122 Å². The maximum atomic E-state index is 12.7. The molecule has 0 aromatic heterocycles. The van der Waals surface area contributed by atoms with E-state index in [0.717, 1.165) is 128 Å². The van der Waals surface area contributed by atoms with Crippen molar-refractivity contribution in [3.63, 3.8) is 0 Å². The van der Waals surface area contributed by atoms with Gasteiger partial charge >= 0.3 is 0 Å². The number of amides is 4. The summed E-state index contributed by atoms with van der Waals surface area (Å²) in [6.07, 6.45) is 25.2. The number of benzene rings is 4. The van der Waals surface area contributed by atoms with E-state index in [1.807, 2.05) is 97.1 Å². The average molecular weight is 953 g/mol. The molecule has 0 bridgehead atoms. The van der Waals surface area contributed by atoms with Crippen LogP contribution in [0.2, 0.25) is 0 Å². The number of unbranched alkanes of at least 4 members (excludes halogenated alkanes) is 18. The molecular weight excluding hydrogens is 877 g/mol. The summed E-state index contributed by atoms with van der Waals surface area (Å²) in [5.74, 6) is 23.9. The van der Waals surface area contributed by atoms with E-state index in [-0.39, 0.29) is 23.6 Å². The molecule has 0 aliphatic heterocycles. The number of nitrogens with one attached hydrogen (secondary N) is 4. The first kappa shape index (κ1) is 56.6. The van der Waals surface area contributed by atoms with Crippen LogP contribution >= 0.6 is 0 Å². The summed E-state index contributed by atoms with van der Waals surface area (Å²) in [5.41, 5.74) is 6.00. The topological polar surface area (TPSA) is 116 Å². The van der Waals surface area contributed by atoms with Gasteiger partial charge in [0.2, 0.25) is 23.6 Å². The van der Waals surface area contributed by atoms with Crippen LogP contribution in [0.3, 0.4) is 0 Å². The lowest BCUT2D eigenvalue weighted by molar-refractivity contribution is -0.117. The Morgan fingerprint density at radius 2 is 0.521 bits per heavy atom. The maximum Gasteiger partial charge on any atom is 0.224 e. The molecule has 4 amide bonds. The Morgan fingerprint density at radius 3 is 0.746 bits per heavy atom. The van der Waals surface area contributed by atoms with Crippen molar-refractivity contribution in [1.29, 1.82) is 0 Å². The van der Waals surface area contributed by atoms with Crippen molar-refractivity contribution in [2.75, 3.05) is 21.3 Å². The predicted molar refractivity (Wildman–Crippen MR) is 295 cm³/mol. The van der Waals surface area contributed by atoms with Crippen LogP contribution in [0.25, 0.3) is 0 Å². The van der Waals surface area contributed by atoms with E-state index in [1.54, 1.807) is 0 Å². The third-order valence-electron chi connectivity index (χ3n) is 11.9. The van der Waals surface area contributed by atoms with Crippen molar-refractivity contribution in [3.8, 4) is 47.4 Å². The Bertz CT molecular complexity index is 2360. The summed E-state index contributed by atoms with van der Waals surface area (Å²) in [6.45, 7) is 4.41. The van der Waals surface area contributed by atoms with Gasteiger partial charge in [-0.1, -0.05) is 171 Å². The van der Waals surface area contributed by atoms with Crippen molar-refractivity contribution in [1.82, 2.24) is 0 Å². The molecule has 4 aromatic rings. The van der Waals surface area contributed by atoms with Crippen LogP contribution in [0.1, 0.15) is 197 Å². The Hall–Kier alpha value is -7.00. The molecule has 0 fully saturated rings. The van der Waals surface area contributed by atoms with Gasteiger partial charge in [-0.25, -0.2) is 0 Å². The van der Waals surface area contributed by atoms with E-state index >= 15 is 0 Å². The highest BCUT2D eigenvalue weighted by molar-refractivity contribution is 5.92. The number of rotatable bonds is 30. The fraction of sp³-hybridized carbons (Fsp3) is 0.429. The minimum Gasteiger partial charge on any atom is -0.326 e. The monoisotopic (exact) mass is 953 g/mol. The lowest BCUT2D eigenvalue weighted by atomic mass is 10.1. The summed E-state index contributed by atoms with van der Waals surface area (Å²) in [4.78, 5) is 50.0. The SMILES string of the molecule is CCCCCCCCC(=O)Nc1cccc(C#CC#Cc2cccc(NC(=O)CCCCCCCCCCCC(=O)Nc3cccc(C#CC#Cc4cccc(NC(=O)CCCCCCCC)c4)c3)c2)c1. The first-order chi connectivity index (χ1) is 34.8. The van der Waals surface area contributed by atoms with Crippen molar-refractivity contribution in [2.45, 2.75) is 174 Å². The zero-order chi connectivity index (χ0) is 50.4. The number of carbonyl (C=O) groups excluding carboxylic acids is 4. The molecule has 4 rings (SSSR count). The van der Waals surface area contributed by atoms with E-state index < -0.39 is 0 Å². The van der Waals surface area contributed by atoms with Crippen LogP contribution in [-0.4, -0.2) is 23.6 Å². The van der Waals surface area contributed by atoms with Gasteiger partial charge < -0.3 is 21.3 Å². The molecule has 0 saturated carbocycles. The van der Waals surface area contributed by atoms with Gasteiger partial charge in [0.15, 0.2) is 0 Å². The number of carbonyl (C=O) groups is 4. The molecule has 0 atom stereocenters. The second-order valence-electron chi connectivity index (χ2n) is 18.2. The Kier molecular flexibility index (Phi) is 28.7. The minimum absolute atomic E-state index is 0.000960. The van der Waals surface area contributed by atoms with Crippen LogP contribution < -0.4 is 21.3 Å². The molecule has 71 heavy (non-hydrogen) atoms. The third-order valence-corrected chi connectivity index (χ3v) is 11.9. The summed E-state index contributed by atoms with van der Waals surface area (Å²) in [5, 5.41) is 12.0. The lowest BCUT2D eigenvalue weighted by Crippen LogP contribution is -2.11. The van der Waals surface area contributed by atoms with Crippen LogP contribution in [0, 0.1) is 47.4 Å². The van der Waals surface area contributed by atoms with Gasteiger partial charge in [-0.3, -0.25) is 19.2 Å². The van der Waals surface area contributed by atoms with Crippen LogP contribution in [-0.2, 0) is 19.2 Å². The minimum atomic E-state index is 0.000960. The predicted octanol–water partition coefficient (Wildman–Crippen LogP) is 14.7. The molecule has 4 aromatic carbocycles. The van der Waals surface area contributed by atoms with Gasteiger partial charge in [0, 0.05) is 70.7 Å². The van der Waals surface area contributed by atoms with Crippen molar-refractivity contribution in [2.24, 2.45) is 0 Å². The van der Waals surface area contributed by atoms with Gasteiger partial charge in [-0.2, -0.15) is 0 Å². The molecule has 0 aliphatic carbocycles. The second-order valence-corrected chi connectivity index (χ2v) is 18.2. The van der Waals surface area contributed by atoms with E-state index in [4.69, 9.17) is 0 Å². The number of anilines is 4. The fourth-order valence-corrected chi connectivity index (χ4v) is 7.95. The normalized spacial score (nSPS) is 10.2. The Morgan fingerprint density at radius 1 is 0.310 bits per heavy atom. The highest BCUT2D eigenvalue weighted by Gasteiger charge is 2.07. The van der Waals surface area contributed by atoms with Gasteiger partial charge in [-0.15, -0.1) is 0 Å². The van der Waals surface area contributed by atoms with Gasteiger partial charge in [0.1, 0.15) is 0 Å². The molecule has 0 unspecified atom stereocenters. The quantitative estimate of drug-likeness (QED) is 0.0308. The highest BCUT2D eigenvalue weighted by atomic mass is 16.2. The third kappa shape index (κ3) is 27.1. The van der Waals surface area contributed by atoms with Crippen LogP contribution in [0.4, 0.5) is 22.7 Å². The maximum absolute atomic E-state index is 12.7. The molecule has 0 saturated heterocycles. The molecule has 4 N–H and O–H groups in total.